The third kappa shape index (κ3) is 3.46. The molecule has 0 unspecified atom stereocenters. The van der Waals surface area contributed by atoms with Gasteiger partial charge < -0.3 is 10.6 Å². The molecular weight excluding hydrogens is 408 g/mol. The molecule has 0 fully saturated rings. The second-order valence-corrected chi connectivity index (χ2v) is 8.52. The van der Waals surface area contributed by atoms with E-state index in [2.05, 4.69) is 25.8 Å². The summed E-state index contributed by atoms with van der Waals surface area (Å²) in [6.07, 6.45) is 3.26. The van der Waals surface area contributed by atoms with Crippen LogP contribution in [-0.4, -0.2) is 38.9 Å². The van der Waals surface area contributed by atoms with Crippen LogP contribution in [0.3, 0.4) is 0 Å². The van der Waals surface area contributed by atoms with Gasteiger partial charge in [-0.2, -0.15) is 15.2 Å². The molecule has 2 aromatic heterocycles. The molecule has 12 heteroatoms. The van der Waals surface area contributed by atoms with Gasteiger partial charge in [-0.15, -0.1) is 0 Å². The predicted molar refractivity (Wildman–Crippen MR) is 109 cm³/mol. The summed E-state index contributed by atoms with van der Waals surface area (Å²) < 4.78 is 26.2. The van der Waals surface area contributed by atoms with E-state index in [1.54, 1.807) is 16.3 Å². The quantitative estimate of drug-likeness (QED) is 0.558. The van der Waals surface area contributed by atoms with E-state index in [-0.39, 0.29) is 10.8 Å². The van der Waals surface area contributed by atoms with Gasteiger partial charge in [-0.3, -0.25) is 9.48 Å². The molecule has 156 valence electrons. The number of aromatic nitrogens is 5. The standard InChI is InChI=1S/C18H20N8O3S/c1-10-14(8-25(3)24-10)16-15(11(2)22-18-20-9-21-26(16)18)17(27)23-12-4-6-13(7-5-12)30(19,28)29/h4-9,16H,1-3H3,(H,23,27)(H2,19,28,29)(H,20,21,22)/t16-/m0/s1. The number of aryl methyl sites for hydroxylation is 2. The van der Waals surface area contributed by atoms with E-state index in [1.807, 2.05) is 20.2 Å². The van der Waals surface area contributed by atoms with Crippen LogP contribution in [0.25, 0.3) is 0 Å². The SMILES string of the molecule is CC1=C(C(=O)Nc2ccc(S(N)(=O)=O)cc2)[C@H](c2cn(C)nc2C)n2ncnc2N1. The van der Waals surface area contributed by atoms with Crippen molar-refractivity contribution in [1.82, 2.24) is 24.5 Å². The Bertz CT molecular complexity index is 1270. The number of carbonyl (C=O) groups is 1. The molecule has 0 saturated carbocycles. The number of fused-ring (bicyclic) bond motifs is 1. The Morgan fingerprint density at radius 1 is 1.23 bits per heavy atom. The Kier molecular flexibility index (Phi) is 4.67. The van der Waals surface area contributed by atoms with Gasteiger partial charge in [0.1, 0.15) is 12.4 Å². The van der Waals surface area contributed by atoms with E-state index in [0.717, 1.165) is 11.3 Å². The minimum absolute atomic E-state index is 0.0358. The van der Waals surface area contributed by atoms with E-state index < -0.39 is 16.1 Å². The second kappa shape index (κ2) is 7.07. The maximum absolute atomic E-state index is 13.3. The molecule has 1 aromatic carbocycles. The lowest BCUT2D eigenvalue weighted by molar-refractivity contribution is -0.113. The number of nitrogens with one attached hydrogen (secondary N) is 2. The zero-order chi connectivity index (χ0) is 21.6. The number of hydrogen-bond donors (Lipinski definition) is 3. The molecule has 11 nitrogen and oxygen atoms in total. The third-order valence-corrected chi connectivity index (χ3v) is 5.75. The van der Waals surface area contributed by atoms with Crippen LogP contribution in [0.4, 0.5) is 11.6 Å². The van der Waals surface area contributed by atoms with Gasteiger partial charge >= 0.3 is 0 Å². The fraction of sp³-hybridized carbons (Fsp3) is 0.222. The number of anilines is 2. The van der Waals surface area contributed by atoms with Crippen molar-refractivity contribution in [2.24, 2.45) is 12.2 Å². The van der Waals surface area contributed by atoms with Gasteiger partial charge in [-0.05, 0) is 38.1 Å². The number of amides is 1. The Labute approximate surface area is 172 Å². The first kappa shape index (κ1) is 19.8. The van der Waals surface area contributed by atoms with Crippen molar-refractivity contribution in [3.63, 3.8) is 0 Å². The summed E-state index contributed by atoms with van der Waals surface area (Å²) in [4.78, 5) is 17.4. The van der Waals surface area contributed by atoms with Crippen LogP contribution in [0.2, 0.25) is 0 Å². The summed E-state index contributed by atoms with van der Waals surface area (Å²) in [6, 6.07) is 5.11. The number of benzene rings is 1. The average molecular weight is 428 g/mol. The zero-order valence-corrected chi connectivity index (χ0v) is 17.3. The summed E-state index contributed by atoms with van der Waals surface area (Å²) in [5.41, 5.74) is 3.09. The molecule has 1 amide bonds. The van der Waals surface area contributed by atoms with Crippen molar-refractivity contribution in [1.29, 1.82) is 0 Å². The van der Waals surface area contributed by atoms with Crippen molar-refractivity contribution in [3.05, 3.63) is 59.3 Å². The van der Waals surface area contributed by atoms with Gasteiger partial charge in [-0.25, -0.2) is 18.2 Å². The van der Waals surface area contributed by atoms with Gasteiger partial charge in [0.2, 0.25) is 16.0 Å². The molecule has 0 bridgehead atoms. The lowest BCUT2D eigenvalue weighted by Gasteiger charge is -2.28. The predicted octanol–water partition coefficient (Wildman–Crippen LogP) is 0.895. The van der Waals surface area contributed by atoms with Crippen molar-refractivity contribution in [2.45, 2.75) is 24.8 Å². The molecule has 0 saturated heterocycles. The van der Waals surface area contributed by atoms with Gasteiger partial charge in [0.15, 0.2) is 0 Å². The molecule has 1 atom stereocenters. The van der Waals surface area contributed by atoms with Crippen molar-refractivity contribution in [3.8, 4) is 0 Å². The highest BCUT2D eigenvalue weighted by molar-refractivity contribution is 7.89. The molecule has 4 rings (SSSR count). The van der Waals surface area contributed by atoms with Gasteiger partial charge in [0.25, 0.3) is 5.91 Å². The third-order valence-electron chi connectivity index (χ3n) is 4.83. The van der Waals surface area contributed by atoms with E-state index in [0.29, 0.717) is 22.9 Å². The van der Waals surface area contributed by atoms with Crippen molar-refractivity contribution >= 4 is 27.6 Å². The first-order valence-electron chi connectivity index (χ1n) is 8.97. The van der Waals surface area contributed by atoms with Crippen LogP contribution < -0.4 is 15.8 Å². The van der Waals surface area contributed by atoms with Gasteiger partial charge in [0.05, 0.1) is 16.2 Å². The van der Waals surface area contributed by atoms with Crippen LogP contribution in [0, 0.1) is 6.92 Å². The van der Waals surface area contributed by atoms with E-state index in [4.69, 9.17) is 5.14 Å². The summed E-state index contributed by atoms with van der Waals surface area (Å²) in [7, 11) is -2.00. The zero-order valence-electron chi connectivity index (χ0n) is 16.5. The fourth-order valence-corrected chi connectivity index (χ4v) is 4.00. The lowest BCUT2D eigenvalue weighted by Crippen LogP contribution is -2.31. The number of nitrogens with two attached hydrogens (primary N) is 1. The van der Waals surface area contributed by atoms with Crippen LogP contribution >= 0.6 is 0 Å². The normalized spacial score (nSPS) is 16.2. The monoisotopic (exact) mass is 428 g/mol. The summed E-state index contributed by atoms with van der Waals surface area (Å²) in [6.45, 7) is 3.65. The van der Waals surface area contributed by atoms with Crippen molar-refractivity contribution < 1.29 is 13.2 Å². The van der Waals surface area contributed by atoms with Crippen LogP contribution in [-0.2, 0) is 21.9 Å². The maximum atomic E-state index is 13.3. The summed E-state index contributed by atoms with van der Waals surface area (Å²) >= 11 is 0. The Balaban J connectivity index is 1.72. The van der Waals surface area contributed by atoms with Crippen LogP contribution in [0.1, 0.15) is 24.2 Å². The Morgan fingerprint density at radius 2 is 1.93 bits per heavy atom. The Hall–Kier alpha value is -3.51. The molecule has 1 aliphatic rings. The van der Waals surface area contributed by atoms with Crippen LogP contribution in [0.15, 0.2) is 53.0 Å². The maximum Gasteiger partial charge on any atom is 0.255 e. The van der Waals surface area contributed by atoms with E-state index in [1.165, 1.54) is 30.6 Å². The molecule has 0 radical (unpaired) electrons. The first-order valence-corrected chi connectivity index (χ1v) is 10.5. The van der Waals surface area contributed by atoms with Crippen molar-refractivity contribution in [2.75, 3.05) is 10.6 Å². The molecular formula is C18H20N8O3S. The Morgan fingerprint density at radius 3 is 2.53 bits per heavy atom. The highest BCUT2D eigenvalue weighted by Crippen LogP contribution is 2.36. The molecule has 3 heterocycles. The molecule has 0 spiro atoms. The van der Waals surface area contributed by atoms with E-state index >= 15 is 0 Å². The largest absolute Gasteiger partial charge is 0.328 e. The number of hydrogen-bond acceptors (Lipinski definition) is 7. The fourth-order valence-electron chi connectivity index (χ4n) is 3.49. The molecule has 1 aliphatic heterocycles. The van der Waals surface area contributed by atoms with E-state index in [9.17, 15) is 13.2 Å². The molecule has 0 aliphatic carbocycles. The van der Waals surface area contributed by atoms with Gasteiger partial charge in [-0.1, -0.05) is 0 Å². The summed E-state index contributed by atoms with van der Waals surface area (Å²) in [5, 5.41) is 19.7. The molecule has 3 aromatic rings. The topological polar surface area (TPSA) is 150 Å². The second-order valence-electron chi connectivity index (χ2n) is 6.96. The molecule has 30 heavy (non-hydrogen) atoms. The number of rotatable bonds is 4. The highest BCUT2D eigenvalue weighted by Gasteiger charge is 2.35. The first-order chi connectivity index (χ1) is 14.1. The minimum Gasteiger partial charge on any atom is -0.328 e. The smallest absolute Gasteiger partial charge is 0.255 e. The minimum atomic E-state index is -3.81. The van der Waals surface area contributed by atoms with Crippen LogP contribution in [0.5, 0.6) is 0 Å². The summed E-state index contributed by atoms with van der Waals surface area (Å²) in [5.74, 6) is 0.160. The number of carbonyl (C=O) groups excluding carboxylic acids is 1. The number of allylic oxidation sites excluding steroid dienone is 1. The molecule has 4 N–H and O–H groups in total. The van der Waals surface area contributed by atoms with Gasteiger partial charge in [0, 0.05) is 30.2 Å². The number of nitrogens with zero attached hydrogens (tertiary/aromatic N) is 5. The highest BCUT2D eigenvalue weighted by atomic mass is 32.2. The average Bonchev–Trinajstić information content (AvgIpc) is 3.25. The number of primary sulfonamides is 1. The number of sulfonamides is 1. The lowest BCUT2D eigenvalue weighted by atomic mass is 9.95.